The van der Waals surface area contributed by atoms with Gasteiger partial charge in [0.2, 0.25) is 0 Å². The highest BCUT2D eigenvalue weighted by Gasteiger charge is 2.20. The summed E-state index contributed by atoms with van der Waals surface area (Å²) in [4.78, 5) is 33.3. The molecular weight excluding hydrogens is 258 g/mol. The third-order valence-electron chi connectivity index (χ3n) is 2.23. The molecule has 0 aromatic carbocycles. The minimum atomic E-state index is -1.16. The number of nitrogens with one attached hydrogen (secondary N) is 1. The van der Waals surface area contributed by atoms with Gasteiger partial charge < -0.3 is 15.5 Å². The van der Waals surface area contributed by atoms with Crippen molar-refractivity contribution in [2.75, 3.05) is 0 Å². The molecule has 0 aliphatic rings. The number of carbonyl (C=O) groups is 3. The van der Waals surface area contributed by atoms with Gasteiger partial charge in [-0.1, -0.05) is 6.07 Å². The van der Waals surface area contributed by atoms with Gasteiger partial charge in [-0.25, -0.2) is 4.79 Å². The fourth-order valence-electron chi connectivity index (χ4n) is 1.35. The first-order valence-electron chi connectivity index (χ1n) is 5.29. The van der Waals surface area contributed by atoms with Crippen LogP contribution in [-0.4, -0.2) is 34.1 Å². The summed E-state index contributed by atoms with van der Waals surface area (Å²) in [5.74, 6) is -2.60. The molecule has 0 spiro atoms. The molecule has 0 fully saturated rings. The van der Waals surface area contributed by atoms with Crippen molar-refractivity contribution < 1.29 is 24.6 Å². The molecule has 0 saturated heterocycles. The van der Waals surface area contributed by atoms with Gasteiger partial charge in [-0.15, -0.1) is 11.3 Å². The molecule has 0 aliphatic heterocycles. The molecule has 0 saturated carbocycles. The number of carboxylic acids is 2. The quantitative estimate of drug-likeness (QED) is 0.691. The van der Waals surface area contributed by atoms with Crippen LogP contribution in [-0.2, 0) is 9.59 Å². The van der Waals surface area contributed by atoms with E-state index in [4.69, 9.17) is 10.2 Å². The van der Waals surface area contributed by atoms with E-state index >= 15 is 0 Å². The molecule has 1 atom stereocenters. The number of rotatable bonds is 7. The Morgan fingerprint density at radius 2 is 2.06 bits per heavy atom. The maximum atomic E-state index is 11.6. The van der Waals surface area contributed by atoms with Crippen molar-refractivity contribution in [3.05, 3.63) is 22.4 Å². The highest BCUT2D eigenvalue weighted by Crippen LogP contribution is 2.09. The Balaban J connectivity index is 2.50. The van der Waals surface area contributed by atoms with Crippen LogP contribution in [0.5, 0.6) is 0 Å². The smallest absolute Gasteiger partial charge is 0.326 e. The average Bonchev–Trinajstić information content (AvgIpc) is 2.80. The van der Waals surface area contributed by atoms with E-state index in [1.54, 1.807) is 17.5 Å². The maximum Gasteiger partial charge on any atom is 0.326 e. The number of carboxylic acid groups (broad SMARTS) is 2. The van der Waals surface area contributed by atoms with E-state index in [9.17, 15) is 14.4 Å². The Kier molecular flexibility index (Phi) is 5.31. The Bertz CT molecular complexity index is 429. The van der Waals surface area contributed by atoms with E-state index in [0.717, 1.165) is 0 Å². The third kappa shape index (κ3) is 4.54. The highest BCUT2D eigenvalue weighted by molar-refractivity contribution is 7.12. The van der Waals surface area contributed by atoms with Crippen molar-refractivity contribution in [1.82, 2.24) is 5.32 Å². The first-order chi connectivity index (χ1) is 8.50. The molecule has 6 nitrogen and oxygen atoms in total. The summed E-state index contributed by atoms with van der Waals surface area (Å²) in [5.41, 5.74) is 0. The highest BCUT2D eigenvalue weighted by atomic mass is 32.1. The van der Waals surface area contributed by atoms with Gasteiger partial charge in [0.05, 0.1) is 4.88 Å². The molecule has 98 valence electrons. The monoisotopic (exact) mass is 271 g/mol. The van der Waals surface area contributed by atoms with Gasteiger partial charge in [-0.05, 0) is 24.3 Å². The van der Waals surface area contributed by atoms with E-state index in [1.165, 1.54) is 11.3 Å². The Hall–Kier alpha value is -1.89. The zero-order valence-corrected chi connectivity index (χ0v) is 10.3. The van der Waals surface area contributed by atoms with E-state index in [2.05, 4.69) is 5.32 Å². The molecule has 0 aliphatic carbocycles. The van der Waals surface area contributed by atoms with Crippen LogP contribution in [0.15, 0.2) is 17.5 Å². The summed E-state index contributed by atoms with van der Waals surface area (Å²) in [6, 6.07) is 2.23. The minimum absolute atomic E-state index is 0.0960. The Morgan fingerprint density at radius 1 is 1.33 bits per heavy atom. The van der Waals surface area contributed by atoms with Crippen molar-refractivity contribution in [1.29, 1.82) is 0 Å². The molecule has 1 aromatic rings. The van der Waals surface area contributed by atoms with Gasteiger partial charge >= 0.3 is 11.9 Å². The van der Waals surface area contributed by atoms with Gasteiger partial charge in [0.15, 0.2) is 0 Å². The summed E-state index contributed by atoms with van der Waals surface area (Å²) < 4.78 is 0. The molecule has 1 heterocycles. The second-order valence-electron chi connectivity index (χ2n) is 3.63. The van der Waals surface area contributed by atoms with Crippen molar-refractivity contribution in [3.8, 4) is 0 Å². The predicted molar refractivity (Wildman–Crippen MR) is 64.7 cm³/mol. The molecular formula is C11H13NO5S. The number of amides is 1. The first kappa shape index (κ1) is 14.2. The molecule has 0 radical (unpaired) electrons. The van der Waals surface area contributed by atoms with Crippen LogP contribution < -0.4 is 5.32 Å². The molecule has 0 unspecified atom stereocenters. The zero-order chi connectivity index (χ0) is 13.5. The van der Waals surface area contributed by atoms with Crippen LogP contribution in [0.25, 0.3) is 0 Å². The Labute approximate surface area is 107 Å². The predicted octanol–water partition coefficient (Wildman–Crippen LogP) is 1.19. The molecule has 0 bridgehead atoms. The second kappa shape index (κ2) is 6.75. The SMILES string of the molecule is O=C(O)CCC[C@@H](NC(=O)c1cccs1)C(=O)O. The fraction of sp³-hybridized carbons (Fsp3) is 0.364. The van der Waals surface area contributed by atoms with Crippen molar-refractivity contribution >= 4 is 29.2 Å². The van der Waals surface area contributed by atoms with Gasteiger partial charge in [0.1, 0.15) is 6.04 Å². The molecule has 18 heavy (non-hydrogen) atoms. The topological polar surface area (TPSA) is 104 Å². The van der Waals surface area contributed by atoms with Crippen LogP contribution in [0.2, 0.25) is 0 Å². The lowest BCUT2D eigenvalue weighted by Crippen LogP contribution is -2.40. The van der Waals surface area contributed by atoms with Crippen LogP contribution in [0.1, 0.15) is 28.9 Å². The van der Waals surface area contributed by atoms with Crippen molar-refractivity contribution in [2.45, 2.75) is 25.3 Å². The summed E-state index contributed by atoms with van der Waals surface area (Å²) in [6.07, 6.45) is 0.189. The van der Waals surface area contributed by atoms with Gasteiger partial charge in [0.25, 0.3) is 5.91 Å². The average molecular weight is 271 g/mol. The number of hydrogen-bond acceptors (Lipinski definition) is 4. The third-order valence-corrected chi connectivity index (χ3v) is 3.10. The largest absolute Gasteiger partial charge is 0.481 e. The van der Waals surface area contributed by atoms with Gasteiger partial charge in [-0.3, -0.25) is 9.59 Å². The maximum absolute atomic E-state index is 11.6. The first-order valence-corrected chi connectivity index (χ1v) is 6.17. The van der Waals surface area contributed by atoms with E-state index in [-0.39, 0.29) is 19.3 Å². The van der Waals surface area contributed by atoms with Crippen LogP contribution in [0.3, 0.4) is 0 Å². The zero-order valence-electron chi connectivity index (χ0n) is 9.46. The molecule has 1 aromatic heterocycles. The van der Waals surface area contributed by atoms with Gasteiger partial charge in [-0.2, -0.15) is 0 Å². The standard InChI is InChI=1S/C11H13NO5S/c13-9(14)5-1-3-7(11(16)17)12-10(15)8-4-2-6-18-8/h2,4,6-7H,1,3,5H2,(H,12,15)(H,13,14)(H,16,17)/t7-/m1/s1. The minimum Gasteiger partial charge on any atom is -0.481 e. The van der Waals surface area contributed by atoms with Crippen molar-refractivity contribution in [2.24, 2.45) is 0 Å². The number of carbonyl (C=O) groups excluding carboxylic acids is 1. The molecule has 1 rings (SSSR count). The van der Waals surface area contributed by atoms with Crippen LogP contribution in [0.4, 0.5) is 0 Å². The summed E-state index contributed by atoms with van der Waals surface area (Å²) in [6.45, 7) is 0. The lowest BCUT2D eigenvalue weighted by Gasteiger charge is -2.13. The lowest BCUT2D eigenvalue weighted by atomic mass is 10.1. The molecule has 7 heteroatoms. The van der Waals surface area contributed by atoms with Gasteiger partial charge in [0, 0.05) is 6.42 Å². The fourth-order valence-corrected chi connectivity index (χ4v) is 1.98. The normalized spacial score (nSPS) is 11.8. The summed E-state index contributed by atoms with van der Waals surface area (Å²) in [5, 5.41) is 21.5. The van der Waals surface area contributed by atoms with Crippen LogP contribution in [0, 0.1) is 0 Å². The number of thiophene rings is 1. The van der Waals surface area contributed by atoms with E-state index < -0.39 is 23.9 Å². The summed E-state index contributed by atoms with van der Waals surface area (Å²) >= 11 is 1.21. The van der Waals surface area contributed by atoms with E-state index in [0.29, 0.717) is 4.88 Å². The lowest BCUT2D eigenvalue weighted by molar-refractivity contribution is -0.140. The van der Waals surface area contributed by atoms with E-state index in [1.807, 2.05) is 0 Å². The molecule has 1 amide bonds. The van der Waals surface area contributed by atoms with Crippen LogP contribution >= 0.6 is 11.3 Å². The number of aliphatic carboxylic acids is 2. The van der Waals surface area contributed by atoms with Crippen molar-refractivity contribution in [3.63, 3.8) is 0 Å². The second-order valence-corrected chi connectivity index (χ2v) is 4.58. The summed E-state index contributed by atoms with van der Waals surface area (Å²) in [7, 11) is 0. The Morgan fingerprint density at radius 3 is 2.56 bits per heavy atom. The molecule has 3 N–H and O–H groups in total. The number of hydrogen-bond donors (Lipinski definition) is 3.